The summed E-state index contributed by atoms with van der Waals surface area (Å²) in [5, 5.41) is 7.58. The molecule has 0 bridgehead atoms. The quantitative estimate of drug-likeness (QED) is 0.454. The van der Waals surface area contributed by atoms with Crippen molar-refractivity contribution in [2.75, 3.05) is 11.1 Å². The number of aryl methyl sites for hydroxylation is 2. The molecule has 1 aliphatic rings. The summed E-state index contributed by atoms with van der Waals surface area (Å²) < 4.78 is 6.65. The number of thioether (sulfide) groups is 1. The standard InChI is InChI=1S/C20H25N5O3S2/c1-10(2)8-25-18(27)16-13-6-5-11(3)7-14(13)30-17(16)23-20(25)29-9-15(26)22-19-21-12(4)24-28-19/h10-11H,5-9H2,1-4H3,(H,21,22,24,26). The van der Waals surface area contributed by atoms with Crippen LogP contribution in [0.1, 0.15) is 43.5 Å². The summed E-state index contributed by atoms with van der Waals surface area (Å²) in [6.07, 6.45) is 3.05. The minimum absolute atomic E-state index is 0.0104. The third-order valence-corrected chi connectivity index (χ3v) is 7.16. The largest absolute Gasteiger partial charge is 0.328 e. The van der Waals surface area contributed by atoms with Crippen LogP contribution < -0.4 is 10.9 Å². The first-order valence-electron chi connectivity index (χ1n) is 10.1. The van der Waals surface area contributed by atoms with Crippen molar-refractivity contribution in [2.45, 2.75) is 58.7 Å². The molecular weight excluding hydrogens is 422 g/mol. The normalized spacial score (nSPS) is 16.2. The first-order valence-corrected chi connectivity index (χ1v) is 11.9. The average molecular weight is 448 g/mol. The number of hydrogen-bond donors (Lipinski definition) is 1. The summed E-state index contributed by atoms with van der Waals surface area (Å²) >= 11 is 2.88. The maximum atomic E-state index is 13.4. The van der Waals surface area contributed by atoms with Gasteiger partial charge in [-0.2, -0.15) is 4.98 Å². The van der Waals surface area contributed by atoms with Gasteiger partial charge in [0.15, 0.2) is 11.0 Å². The molecule has 1 N–H and O–H groups in total. The number of rotatable bonds is 6. The summed E-state index contributed by atoms with van der Waals surface area (Å²) in [6, 6.07) is 0.0705. The topological polar surface area (TPSA) is 103 Å². The summed E-state index contributed by atoms with van der Waals surface area (Å²) in [7, 11) is 0. The number of hydrogen-bond acceptors (Lipinski definition) is 8. The second kappa shape index (κ2) is 8.50. The van der Waals surface area contributed by atoms with Gasteiger partial charge in [-0.3, -0.25) is 19.5 Å². The molecule has 1 aliphatic carbocycles. The Morgan fingerprint density at radius 3 is 2.90 bits per heavy atom. The highest BCUT2D eigenvalue weighted by Gasteiger charge is 2.25. The molecule has 0 saturated heterocycles. The van der Waals surface area contributed by atoms with E-state index in [2.05, 4.69) is 36.2 Å². The van der Waals surface area contributed by atoms with Gasteiger partial charge in [0.25, 0.3) is 5.56 Å². The monoisotopic (exact) mass is 447 g/mol. The number of carbonyl (C=O) groups is 1. The SMILES string of the molecule is Cc1noc(NC(=O)CSc2nc3sc4c(c3c(=O)n2CC(C)C)CCC(C)C4)n1. The van der Waals surface area contributed by atoms with Crippen LogP contribution in [0, 0.1) is 18.8 Å². The molecule has 3 aromatic heterocycles. The molecule has 1 unspecified atom stereocenters. The Kier molecular flexibility index (Phi) is 5.97. The molecule has 0 fully saturated rings. The molecule has 8 nitrogen and oxygen atoms in total. The van der Waals surface area contributed by atoms with E-state index in [-0.39, 0.29) is 29.2 Å². The Morgan fingerprint density at radius 1 is 1.40 bits per heavy atom. The van der Waals surface area contributed by atoms with Gasteiger partial charge in [-0.15, -0.1) is 11.3 Å². The third-order valence-electron chi connectivity index (χ3n) is 5.03. The van der Waals surface area contributed by atoms with E-state index in [4.69, 9.17) is 9.51 Å². The highest BCUT2D eigenvalue weighted by Crippen LogP contribution is 2.36. The van der Waals surface area contributed by atoms with Crippen LogP contribution in [0.25, 0.3) is 10.2 Å². The molecule has 3 aromatic rings. The number of carbonyl (C=O) groups excluding carboxylic acids is 1. The first-order chi connectivity index (χ1) is 14.3. The van der Waals surface area contributed by atoms with E-state index in [0.29, 0.717) is 23.4 Å². The van der Waals surface area contributed by atoms with E-state index < -0.39 is 0 Å². The Balaban J connectivity index is 1.64. The minimum Gasteiger partial charge on any atom is -0.315 e. The molecule has 160 valence electrons. The Hall–Kier alpha value is -2.20. The van der Waals surface area contributed by atoms with E-state index in [1.807, 2.05) is 0 Å². The van der Waals surface area contributed by atoms with Gasteiger partial charge >= 0.3 is 6.01 Å². The van der Waals surface area contributed by atoms with Gasteiger partial charge in [0.1, 0.15) is 4.83 Å². The highest BCUT2D eigenvalue weighted by molar-refractivity contribution is 7.99. The molecular formula is C20H25N5O3S2. The van der Waals surface area contributed by atoms with Gasteiger partial charge in [0.2, 0.25) is 5.91 Å². The lowest BCUT2D eigenvalue weighted by Gasteiger charge is -2.18. The zero-order chi connectivity index (χ0) is 21.4. The molecule has 0 spiro atoms. The fourth-order valence-electron chi connectivity index (χ4n) is 3.67. The lowest BCUT2D eigenvalue weighted by atomic mass is 9.89. The lowest BCUT2D eigenvalue weighted by Crippen LogP contribution is -2.26. The molecule has 10 heteroatoms. The van der Waals surface area contributed by atoms with Gasteiger partial charge in [0, 0.05) is 11.4 Å². The second-order valence-electron chi connectivity index (χ2n) is 8.22. The number of thiophene rings is 1. The predicted octanol–water partition coefficient (Wildman–Crippen LogP) is 3.66. The molecule has 4 rings (SSSR count). The maximum absolute atomic E-state index is 13.4. The molecule has 0 radical (unpaired) electrons. The zero-order valence-corrected chi connectivity index (χ0v) is 19.2. The van der Waals surface area contributed by atoms with Crippen molar-refractivity contribution in [1.29, 1.82) is 0 Å². The van der Waals surface area contributed by atoms with Crippen LogP contribution in [-0.4, -0.2) is 31.4 Å². The van der Waals surface area contributed by atoms with Gasteiger partial charge in [0.05, 0.1) is 11.1 Å². The Morgan fingerprint density at radius 2 is 2.20 bits per heavy atom. The van der Waals surface area contributed by atoms with E-state index >= 15 is 0 Å². The minimum atomic E-state index is -0.284. The number of fused-ring (bicyclic) bond motifs is 3. The second-order valence-corrected chi connectivity index (χ2v) is 10.2. The van der Waals surface area contributed by atoms with Crippen LogP contribution in [0.3, 0.4) is 0 Å². The number of nitrogens with one attached hydrogen (secondary N) is 1. The molecule has 0 aliphatic heterocycles. The fraction of sp³-hybridized carbons (Fsp3) is 0.550. The van der Waals surface area contributed by atoms with Crippen molar-refractivity contribution >= 4 is 45.2 Å². The van der Waals surface area contributed by atoms with Crippen LogP contribution in [0.15, 0.2) is 14.5 Å². The van der Waals surface area contributed by atoms with Crippen molar-refractivity contribution in [3.05, 3.63) is 26.6 Å². The summed E-state index contributed by atoms with van der Waals surface area (Å²) in [6.45, 7) is 8.64. The van der Waals surface area contributed by atoms with Crippen molar-refractivity contribution < 1.29 is 9.32 Å². The fourth-order valence-corrected chi connectivity index (χ4v) is 5.91. The lowest BCUT2D eigenvalue weighted by molar-refractivity contribution is -0.114. The Bertz CT molecular complexity index is 1150. The van der Waals surface area contributed by atoms with Crippen molar-refractivity contribution in [3.8, 4) is 0 Å². The number of anilines is 1. The van der Waals surface area contributed by atoms with Crippen LogP contribution >= 0.6 is 23.1 Å². The summed E-state index contributed by atoms with van der Waals surface area (Å²) in [5.74, 6) is 1.18. The van der Waals surface area contributed by atoms with Crippen molar-refractivity contribution in [3.63, 3.8) is 0 Å². The van der Waals surface area contributed by atoms with E-state index in [0.717, 1.165) is 29.5 Å². The Labute approximate surface area is 182 Å². The molecule has 1 atom stereocenters. The number of amides is 1. The molecule has 1 amide bonds. The van der Waals surface area contributed by atoms with Gasteiger partial charge < -0.3 is 4.52 Å². The smallest absolute Gasteiger partial charge is 0.315 e. The van der Waals surface area contributed by atoms with E-state index in [1.165, 1.54) is 22.2 Å². The third kappa shape index (κ3) is 4.29. The highest BCUT2D eigenvalue weighted by atomic mass is 32.2. The van der Waals surface area contributed by atoms with Crippen molar-refractivity contribution in [2.24, 2.45) is 11.8 Å². The molecule has 0 aromatic carbocycles. The average Bonchev–Trinajstić information content (AvgIpc) is 3.24. The first kappa shape index (κ1) is 21.0. The van der Waals surface area contributed by atoms with Crippen LogP contribution in [0.4, 0.5) is 6.01 Å². The zero-order valence-electron chi connectivity index (χ0n) is 17.5. The molecule has 0 saturated carbocycles. The van der Waals surface area contributed by atoms with Crippen LogP contribution in [0.5, 0.6) is 0 Å². The van der Waals surface area contributed by atoms with E-state index in [9.17, 15) is 9.59 Å². The van der Waals surface area contributed by atoms with Crippen LogP contribution in [-0.2, 0) is 24.2 Å². The summed E-state index contributed by atoms with van der Waals surface area (Å²) in [4.78, 5) is 36.6. The van der Waals surface area contributed by atoms with Gasteiger partial charge in [-0.05, 0) is 43.6 Å². The summed E-state index contributed by atoms with van der Waals surface area (Å²) in [5.41, 5.74) is 1.19. The molecule has 3 heterocycles. The van der Waals surface area contributed by atoms with Crippen molar-refractivity contribution in [1.82, 2.24) is 19.7 Å². The maximum Gasteiger partial charge on any atom is 0.328 e. The van der Waals surface area contributed by atoms with Crippen LogP contribution in [0.2, 0.25) is 0 Å². The van der Waals surface area contributed by atoms with Gasteiger partial charge in [-0.1, -0.05) is 37.7 Å². The van der Waals surface area contributed by atoms with Gasteiger partial charge in [-0.25, -0.2) is 4.98 Å². The molecule has 30 heavy (non-hydrogen) atoms. The number of aromatic nitrogens is 4. The van der Waals surface area contributed by atoms with E-state index in [1.54, 1.807) is 22.8 Å². The predicted molar refractivity (Wildman–Crippen MR) is 118 cm³/mol. The number of nitrogens with zero attached hydrogens (tertiary/aromatic N) is 4.